The van der Waals surface area contributed by atoms with Gasteiger partial charge in [0.05, 0.1) is 12.6 Å². The number of ether oxygens (including phenoxy) is 2. The van der Waals surface area contributed by atoms with Gasteiger partial charge >= 0.3 is 6.18 Å². The highest BCUT2D eigenvalue weighted by molar-refractivity contribution is 7.98. The van der Waals surface area contributed by atoms with Gasteiger partial charge in [-0.1, -0.05) is 42.1 Å². The smallest absolute Gasteiger partial charge is 0.422 e. The predicted molar refractivity (Wildman–Crippen MR) is 124 cm³/mol. The van der Waals surface area contributed by atoms with E-state index in [0.717, 1.165) is 52.5 Å². The van der Waals surface area contributed by atoms with Crippen LogP contribution in [0.2, 0.25) is 0 Å². The van der Waals surface area contributed by atoms with Crippen molar-refractivity contribution in [2.45, 2.75) is 42.6 Å². The standard InChI is InChI=1S/C24H23F3N4O2S/c25-24(26,27)15-33-17-9-7-16(8-10-17)14-34-23-30-29-22(31(23)13-18-4-3-11-32-18)20-12-28-21-6-2-1-5-19(20)21/h1-2,5-10,12,18,28H,3-4,11,13-15H2. The van der Waals surface area contributed by atoms with Crippen LogP contribution in [0, 0.1) is 0 Å². The molecule has 178 valence electrons. The zero-order valence-electron chi connectivity index (χ0n) is 18.2. The minimum absolute atomic E-state index is 0.115. The van der Waals surface area contributed by atoms with E-state index in [1.54, 1.807) is 24.3 Å². The normalized spacial score (nSPS) is 16.4. The summed E-state index contributed by atoms with van der Waals surface area (Å²) in [6.07, 6.45) is -0.252. The van der Waals surface area contributed by atoms with Gasteiger partial charge in [-0.05, 0) is 36.6 Å². The van der Waals surface area contributed by atoms with Gasteiger partial charge in [0, 0.05) is 35.0 Å². The molecule has 0 aliphatic carbocycles. The van der Waals surface area contributed by atoms with Crippen LogP contribution in [0.25, 0.3) is 22.3 Å². The maximum Gasteiger partial charge on any atom is 0.422 e. The molecule has 2 aromatic carbocycles. The minimum atomic E-state index is -4.36. The second-order valence-electron chi connectivity index (χ2n) is 8.14. The van der Waals surface area contributed by atoms with E-state index in [-0.39, 0.29) is 11.9 Å². The van der Waals surface area contributed by atoms with Crippen molar-refractivity contribution in [1.82, 2.24) is 19.7 Å². The fraction of sp³-hybridized carbons (Fsp3) is 0.333. The number of rotatable bonds is 8. The van der Waals surface area contributed by atoms with Gasteiger partial charge in [0.15, 0.2) is 17.6 Å². The molecule has 2 aromatic heterocycles. The van der Waals surface area contributed by atoms with Gasteiger partial charge in [-0.3, -0.25) is 4.57 Å². The van der Waals surface area contributed by atoms with E-state index >= 15 is 0 Å². The molecule has 0 amide bonds. The molecule has 6 nitrogen and oxygen atoms in total. The highest BCUT2D eigenvalue weighted by Gasteiger charge is 2.28. The Labute approximate surface area is 198 Å². The number of aromatic amines is 1. The molecule has 1 saturated heterocycles. The summed E-state index contributed by atoms with van der Waals surface area (Å²) in [7, 11) is 0. The lowest BCUT2D eigenvalue weighted by Crippen LogP contribution is -2.19. The van der Waals surface area contributed by atoms with Crippen molar-refractivity contribution in [2.24, 2.45) is 0 Å². The Morgan fingerprint density at radius 1 is 1.12 bits per heavy atom. The third-order valence-electron chi connectivity index (χ3n) is 5.65. The summed E-state index contributed by atoms with van der Waals surface area (Å²) in [6, 6.07) is 14.7. The van der Waals surface area contributed by atoms with Crippen LogP contribution in [-0.4, -0.2) is 45.2 Å². The molecule has 5 rings (SSSR count). The third kappa shape index (κ3) is 5.23. The van der Waals surface area contributed by atoms with Gasteiger partial charge in [0.25, 0.3) is 0 Å². The third-order valence-corrected chi connectivity index (χ3v) is 6.69. The lowest BCUT2D eigenvalue weighted by atomic mass is 10.1. The zero-order valence-corrected chi connectivity index (χ0v) is 19.0. The van der Waals surface area contributed by atoms with Crippen molar-refractivity contribution in [1.29, 1.82) is 0 Å². The summed E-state index contributed by atoms with van der Waals surface area (Å²) in [5, 5.41) is 10.8. The Morgan fingerprint density at radius 2 is 1.94 bits per heavy atom. The van der Waals surface area contributed by atoms with Gasteiger partial charge < -0.3 is 14.5 Å². The van der Waals surface area contributed by atoms with Crippen LogP contribution >= 0.6 is 11.8 Å². The molecule has 0 bridgehead atoms. The number of H-pyrrole nitrogens is 1. The summed E-state index contributed by atoms with van der Waals surface area (Å²) in [6.45, 7) is 0.124. The summed E-state index contributed by atoms with van der Waals surface area (Å²) >= 11 is 1.53. The molecule has 10 heteroatoms. The number of benzene rings is 2. The van der Waals surface area contributed by atoms with Crippen LogP contribution in [-0.2, 0) is 17.0 Å². The van der Waals surface area contributed by atoms with Crippen LogP contribution in [0.5, 0.6) is 5.75 Å². The second kappa shape index (κ2) is 9.71. The number of para-hydroxylation sites is 1. The van der Waals surface area contributed by atoms with E-state index in [1.807, 2.05) is 24.4 Å². The van der Waals surface area contributed by atoms with Gasteiger partial charge in [0.2, 0.25) is 0 Å². The van der Waals surface area contributed by atoms with Crippen molar-refractivity contribution >= 4 is 22.7 Å². The van der Waals surface area contributed by atoms with E-state index in [0.29, 0.717) is 12.3 Å². The van der Waals surface area contributed by atoms with Crippen LogP contribution < -0.4 is 4.74 Å². The summed E-state index contributed by atoms with van der Waals surface area (Å²) in [4.78, 5) is 3.30. The number of thioether (sulfide) groups is 1. The van der Waals surface area contributed by atoms with E-state index in [4.69, 9.17) is 9.47 Å². The molecule has 0 saturated carbocycles. The van der Waals surface area contributed by atoms with Crippen LogP contribution in [0.3, 0.4) is 0 Å². The molecule has 34 heavy (non-hydrogen) atoms. The van der Waals surface area contributed by atoms with Crippen LogP contribution in [0.1, 0.15) is 18.4 Å². The molecule has 4 aromatic rings. The Balaban J connectivity index is 1.35. The first kappa shape index (κ1) is 22.8. The molecule has 1 aliphatic heterocycles. The largest absolute Gasteiger partial charge is 0.484 e. The number of hydrogen-bond donors (Lipinski definition) is 1. The van der Waals surface area contributed by atoms with Gasteiger partial charge in [0.1, 0.15) is 5.75 Å². The Bertz CT molecular complexity index is 1250. The van der Waals surface area contributed by atoms with Crippen molar-refractivity contribution in [2.75, 3.05) is 13.2 Å². The molecule has 1 fully saturated rings. The number of nitrogens with zero attached hydrogens (tertiary/aromatic N) is 3. The SMILES string of the molecule is FC(F)(F)COc1ccc(CSc2nnc(-c3c[nH]c4ccccc34)n2CC2CCCO2)cc1. The lowest BCUT2D eigenvalue weighted by molar-refractivity contribution is -0.153. The highest BCUT2D eigenvalue weighted by atomic mass is 32.2. The molecule has 3 heterocycles. The van der Waals surface area contributed by atoms with Crippen molar-refractivity contribution in [3.05, 3.63) is 60.3 Å². The number of aromatic nitrogens is 4. The molecule has 0 radical (unpaired) electrons. The number of nitrogens with one attached hydrogen (secondary N) is 1. The van der Waals surface area contributed by atoms with Crippen molar-refractivity contribution in [3.8, 4) is 17.1 Å². The van der Waals surface area contributed by atoms with Gasteiger partial charge in [-0.15, -0.1) is 10.2 Å². The second-order valence-corrected chi connectivity index (χ2v) is 9.08. The number of hydrogen-bond acceptors (Lipinski definition) is 5. The average Bonchev–Trinajstić information content (AvgIpc) is 3.57. The number of halogens is 3. The number of fused-ring (bicyclic) bond motifs is 1. The van der Waals surface area contributed by atoms with Crippen LogP contribution in [0.15, 0.2) is 59.9 Å². The minimum Gasteiger partial charge on any atom is -0.484 e. The Hall–Kier alpha value is -2.98. The first-order valence-electron chi connectivity index (χ1n) is 11.0. The van der Waals surface area contributed by atoms with Crippen molar-refractivity contribution in [3.63, 3.8) is 0 Å². The molecule has 0 spiro atoms. The highest BCUT2D eigenvalue weighted by Crippen LogP contribution is 2.32. The monoisotopic (exact) mass is 488 g/mol. The summed E-state index contributed by atoms with van der Waals surface area (Å²) in [5.74, 6) is 1.57. The van der Waals surface area contributed by atoms with Crippen molar-refractivity contribution < 1.29 is 22.6 Å². The van der Waals surface area contributed by atoms with Gasteiger partial charge in [-0.2, -0.15) is 13.2 Å². The van der Waals surface area contributed by atoms with Gasteiger partial charge in [-0.25, -0.2) is 0 Å². The molecule has 1 aliphatic rings. The first-order valence-corrected chi connectivity index (χ1v) is 12.0. The molecule has 1 atom stereocenters. The predicted octanol–water partition coefficient (Wildman–Crippen LogP) is 5.84. The van der Waals surface area contributed by atoms with E-state index in [2.05, 4.69) is 25.8 Å². The fourth-order valence-corrected chi connectivity index (χ4v) is 4.91. The molecular weight excluding hydrogens is 465 g/mol. The zero-order chi connectivity index (χ0) is 23.5. The summed E-state index contributed by atoms with van der Waals surface area (Å²) in [5.41, 5.74) is 2.97. The molecular formula is C24H23F3N4O2S. The Morgan fingerprint density at radius 3 is 2.71 bits per heavy atom. The fourth-order valence-electron chi connectivity index (χ4n) is 4.00. The molecule has 1 unspecified atom stereocenters. The first-order chi connectivity index (χ1) is 16.5. The lowest BCUT2D eigenvalue weighted by Gasteiger charge is -2.14. The average molecular weight is 489 g/mol. The maximum absolute atomic E-state index is 12.3. The Kier molecular flexibility index (Phi) is 6.51. The van der Waals surface area contributed by atoms with E-state index < -0.39 is 12.8 Å². The topological polar surface area (TPSA) is 65.0 Å². The van der Waals surface area contributed by atoms with E-state index in [1.165, 1.54) is 11.8 Å². The maximum atomic E-state index is 12.3. The molecule has 1 N–H and O–H groups in total. The van der Waals surface area contributed by atoms with Crippen LogP contribution in [0.4, 0.5) is 13.2 Å². The number of alkyl halides is 3. The summed E-state index contributed by atoms with van der Waals surface area (Å²) < 4.78 is 49.8. The van der Waals surface area contributed by atoms with E-state index in [9.17, 15) is 13.2 Å². The quantitative estimate of drug-likeness (QED) is 0.316.